The van der Waals surface area contributed by atoms with Gasteiger partial charge in [0, 0.05) is 11.4 Å². The van der Waals surface area contributed by atoms with E-state index >= 15 is 0 Å². The summed E-state index contributed by atoms with van der Waals surface area (Å²) in [6.07, 6.45) is 3.19. The van der Waals surface area contributed by atoms with E-state index in [1.807, 2.05) is 17.6 Å². The molecule has 1 aliphatic heterocycles. The molecule has 0 radical (unpaired) electrons. The highest BCUT2D eigenvalue weighted by Crippen LogP contribution is 2.25. The first kappa shape index (κ1) is 14.7. The van der Waals surface area contributed by atoms with Gasteiger partial charge in [-0.05, 0) is 56.8 Å². The van der Waals surface area contributed by atoms with Crippen LogP contribution >= 0.6 is 11.3 Å². The first-order chi connectivity index (χ1) is 10.2. The maximum absolute atomic E-state index is 13.7. The van der Waals surface area contributed by atoms with Crippen LogP contribution in [-0.2, 0) is 13.0 Å². The van der Waals surface area contributed by atoms with Gasteiger partial charge in [-0.3, -0.25) is 4.90 Å². The van der Waals surface area contributed by atoms with E-state index in [1.165, 1.54) is 4.88 Å². The maximum atomic E-state index is 13.7. The zero-order valence-corrected chi connectivity index (χ0v) is 13.2. The number of thiazole rings is 1. The molecule has 21 heavy (non-hydrogen) atoms. The fourth-order valence-corrected chi connectivity index (χ4v) is 3.82. The van der Waals surface area contributed by atoms with E-state index in [4.69, 9.17) is 0 Å². The summed E-state index contributed by atoms with van der Waals surface area (Å²) in [5, 5.41) is 0. The fourth-order valence-electron chi connectivity index (χ4n) is 3.00. The third kappa shape index (κ3) is 3.69. The Kier molecular flexibility index (Phi) is 4.66. The summed E-state index contributed by atoms with van der Waals surface area (Å²) in [5.74, 6) is 0.556. The number of hydrogen-bond acceptors (Lipinski definition) is 3. The van der Waals surface area contributed by atoms with Crippen molar-refractivity contribution in [2.24, 2.45) is 5.92 Å². The molecule has 4 heteroatoms. The predicted octanol–water partition coefficient (Wildman–Crippen LogP) is 4.05. The van der Waals surface area contributed by atoms with Crippen molar-refractivity contribution in [3.05, 3.63) is 51.7 Å². The largest absolute Gasteiger partial charge is 0.298 e. The second kappa shape index (κ2) is 6.67. The number of piperidine rings is 1. The van der Waals surface area contributed by atoms with Gasteiger partial charge < -0.3 is 0 Å². The standard InChI is InChI=1S/C17H21FN2S/c1-13-17(21-12-19-13)11-20-8-6-14(7-9-20)10-15-4-2-3-5-16(15)18/h2-5,12,14H,6-11H2,1H3. The Balaban J connectivity index is 1.51. The molecule has 0 spiro atoms. The molecule has 0 N–H and O–H groups in total. The molecule has 0 saturated carbocycles. The summed E-state index contributed by atoms with van der Waals surface area (Å²) in [6.45, 7) is 5.31. The molecule has 1 fully saturated rings. The summed E-state index contributed by atoms with van der Waals surface area (Å²) < 4.78 is 13.7. The molecule has 0 bridgehead atoms. The summed E-state index contributed by atoms with van der Waals surface area (Å²) in [5.41, 5.74) is 3.96. The molecule has 2 heterocycles. The van der Waals surface area contributed by atoms with E-state index in [0.29, 0.717) is 5.92 Å². The molecule has 0 unspecified atom stereocenters. The Bertz CT molecular complexity index is 588. The normalized spacial score (nSPS) is 17.2. The van der Waals surface area contributed by atoms with Crippen LogP contribution in [0.5, 0.6) is 0 Å². The van der Waals surface area contributed by atoms with Crippen LogP contribution in [0.1, 0.15) is 29.0 Å². The van der Waals surface area contributed by atoms with Crippen LogP contribution in [0, 0.1) is 18.7 Å². The van der Waals surface area contributed by atoms with Crippen molar-refractivity contribution in [1.82, 2.24) is 9.88 Å². The van der Waals surface area contributed by atoms with E-state index < -0.39 is 0 Å². The van der Waals surface area contributed by atoms with E-state index in [0.717, 1.165) is 50.2 Å². The number of likely N-dealkylation sites (tertiary alicyclic amines) is 1. The zero-order valence-electron chi connectivity index (χ0n) is 12.4. The molecule has 2 aromatic rings. The van der Waals surface area contributed by atoms with Crippen LogP contribution in [0.4, 0.5) is 4.39 Å². The van der Waals surface area contributed by atoms with Crippen LogP contribution < -0.4 is 0 Å². The molecular formula is C17H21FN2S. The van der Waals surface area contributed by atoms with Crippen molar-refractivity contribution >= 4 is 11.3 Å². The molecule has 1 aliphatic rings. The first-order valence-electron chi connectivity index (χ1n) is 7.57. The third-order valence-electron chi connectivity index (χ3n) is 4.39. The van der Waals surface area contributed by atoms with Crippen molar-refractivity contribution in [2.75, 3.05) is 13.1 Å². The van der Waals surface area contributed by atoms with Crippen LogP contribution in [0.15, 0.2) is 29.8 Å². The van der Waals surface area contributed by atoms with Gasteiger partial charge in [-0.2, -0.15) is 0 Å². The van der Waals surface area contributed by atoms with Crippen molar-refractivity contribution < 1.29 is 4.39 Å². The second-order valence-electron chi connectivity index (χ2n) is 5.88. The summed E-state index contributed by atoms with van der Waals surface area (Å²) in [7, 11) is 0. The van der Waals surface area contributed by atoms with Gasteiger partial charge in [0.05, 0.1) is 11.2 Å². The topological polar surface area (TPSA) is 16.1 Å². The highest BCUT2D eigenvalue weighted by molar-refractivity contribution is 7.09. The summed E-state index contributed by atoms with van der Waals surface area (Å²) >= 11 is 1.75. The van der Waals surface area contributed by atoms with Gasteiger partial charge in [0.2, 0.25) is 0 Å². The van der Waals surface area contributed by atoms with Crippen LogP contribution in [0.3, 0.4) is 0 Å². The molecule has 0 aliphatic carbocycles. The molecule has 0 atom stereocenters. The SMILES string of the molecule is Cc1ncsc1CN1CCC(Cc2ccccc2F)CC1. The lowest BCUT2D eigenvalue weighted by molar-refractivity contribution is 0.177. The molecule has 3 rings (SSSR count). The van der Waals surface area contributed by atoms with Crippen LogP contribution in [-0.4, -0.2) is 23.0 Å². The molecule has 2 nitrogen and oxygen atoms in total. The zero-order chi connectivity index (χ0) is 14.7. The number of aromatic nitrogens is 1. The van der Waals surface area contributed by atoms with Gasteiger partial charge >= 0.3 is 0 Å². The molecule has 1 aromatic heterocycles. The Labute approximate surface area is 129 Å². The lowest BCUT2D eigenvalue weighted by atomic mass is 9.90. The molecule has 112 valence electrons. The van der Waals surface area contributed by atoms with Gasteiger partial charge in [-0.25, -0.2) is 9.37 Å². The quantitative estimate of drug-likeness (QED) is 0.847. The minimum atomic E-state index is -0.0554. The van der Waals surface area contributed by atoms with Crippen molar-refractivity contribution in [3.8, 4) is 0 Å². The monoisotopic (exact) mass is 304 g/mol. The molecular weight excluding hydrogens is 283 g/mol. The van der Waals surface area contributed by atoms with Crippen LogP contribution in [0.2, 0.25) is 0 Å². The fraction of sp³-hybridized carbons (Fsp3) is 0.471. The van der Waals surface area contributed by atoms with Gasteiger partial charge in [-0.15, -0.1) is 11.3 Å². The number of aryl methyl sites for hydroxylation is 1. The average Bonchev–Trinajstić information content (AvgIpc) is 2.89. The molecule has 1 aromatic carbocycles. The molecule has 1 saturated heterocycles. The molecule has 0 amide bonds. The van der Waals surface area contributed by atoms with Gasteiger partial charge in [0.1, 0.15) is 5.82 Å². The highest BCUT2D eigenvalue weighted by Gasteiger charge is 2.21. The lowest BCUT2D eigenvalue weighted by Gasteiger charge is -2.31. The van der Waals surface area contributed by atoms with Gasteiger partial charge in [0.25, 0.3) is 0 Å². The third-order valence-corrected chi connectivity index (χ3v) is 5.31. The van der Waals surface area contributed by atoms with E-state index in [-0.39, 0.29) is 5.82 Å². The number of nitrogens with zero attached hydrogens (tertiary/aromatic N) is 2. The highest BCUT2D eigenvalue weighted by atomic mass is 32.1. The first-order valence-corrected chi connectivity index (χ1v) is 8.45. The minimum absolute atomic E-state index is 0.0554. The maximum Gasteiger partial charge on any atom is 0.126 e. The number of halogens is 1. The Morgan fingerprint density at radius 1 is 1.29 bits per heavy atom. The van der Waals surface area contributed by atoms with Crippen LogP contribution in [0.25, 0.3) is 0 Å². The van der Waals surface area contributed by atoms with Crippen molar-refractivity contribution in [1.29, 1.82) is 0 Å². The van der Waals surface area contributed by atoms with E-state index in [1.54, 1.807) is 23.5 Å². The summed E-state index contributed by atoms with van der Waals surface area (Å²) in [6, 6.07) is 7.18. The number of rotatable bonds is 4. The smallest absolute Gasteiger partial charge is 0.126 e. The number of benzene rings is 1. The predicted molar refractivity (Wildman–Crippen MR) is 85.0 cm³/mol. The Morgan fingerprint density at radius 3 is 2.71 bits per heavy atom. The summed E-state index contributed by atoms with van der Waals surface area (Å²) in [4.78, 5) is 8.19. The Hall–Kier alpha value is -1.26. The van der Waals surface area contributed by atoms with Gasteiger partial charge in [-0.1, -0.05) is 18.2 Å². The average molecular weight is 304 g/mol. The van der Waals surface area contributed by atoms with E-state index in [2.05, 4.69) is 16.8 Å². The van der Waals surface area contributed by atoms with E-state index in [9.17, 15) is 4.39 Å². The minimum Gasteiger partial charge on any atom is -0.298 e. The lowest BCUT2D eigenvalue weighted by Crippen LogP contribution is -2.33. The van der Waals surface area contributed by atoms with Gasteiger partial charge in [0.15, 0.2) is 0 Å². The van der Waals surface area contributed by atoms with Crippen molar-refractivity contribution in [2.45, 2.75) is 32.7 Å². The Morgan fingerprint density at radius 2 is 2.05 bits per heavy atom. The second-order valence-corrected chi connectivity index (χ2v) is 6.82. The number of hydrogen-bond donors (Lipinski definition) is 0. The van der Waals surface area contributed by atoms with Crippen molar-refractivity contribution in [3.63, 3.8) is 0 Å².